The molecule has 1 N–H and O–H groups in total. The van der Waals surface area contributed by atoms with E-state index in [0.29, 0.717) is 0 Å². The largest absolute Gasteiger partial charge is 0.464 e. The van der Waals surface area contributed by atoms with Gasteiger partial charge in [0.2, 0.25) is 0 Å². The first-order valence-electron chi connectivity index (χ1n) is 6.52. The van der Waals surface area contributed by atoms with Crippen molar-refractivity contribution >= 4 is 16.7 Å². The van der Waals surface area contributed by atoms with E-state index >= 15 is 0 Å². The molecule has 0 amide bonds. The van der Waals surface area contributed by atoms with Crippen molar-refractivity contribution in [1.82, 2.24) is 4.98 Å². The summed E-state index contributed by atoms with van der Waals surface area (Å²) in [6, 6.07) is 12.1. The maximum absolute atomic E-state index is 5.31. The molecule has 0 bridgehead atoms. The molecule has 0 saturated heterocycles. The Hall–Kier alpha value is -2.29. The van der Waals surface area contributed by atoms with Crippen molar-refractivity contribution in [2.75, 3.05) is 5.32 Å². The zero-order valence-electron chi connectivity index (χ0n) is 11.3. The summed E-state index contributed by atoms with van der Waals surface area (Å²) in [6.07, 6.45) is 5.27. The van der Waals surface area contributed by atoms with Crippen LogP contribution in [0.15, 0.2) is 59.5 Å². The van der Waals surface area contributed by atoms with Crippen molar-refractivity contribution in [3.63, 3.8) is 0 Å². The number of furan rings is 1. The molecule has 3 heteroatoms. The third kappa shape index (κ3) is 3.35. The molecule has 0 aliphatic carbocycles. The first-order chi connectivity index (χ1) is 9.42. The topological polar surface area (TPSA) is 38.1 Å². The molecule has 0 unspecified atom stereocenters. The summed E-state index contributed by atoms with van der Waals surface area (Å²) in [6.45, 7) is 4.80. The molecule has 19 heavy (non-hydrogen) atoms. The molecule has 0 aliphatic heterocycles. The lowest BCUT2D eigenvalue weighted by atomic mass is 10.1. The van der Waals surface area contributed by atoms with E-state index in [0.717, 1.165) is 23.2 Å². The normalized spacial score (nSPS) is 9.79. The van der Waals surface area contributed by atoms with Crippen molar-refractivity contribution in [1.29, 1.82) is 0 Å². The van der Waals surface area contributed by atoms with Crippen molar-refractivity contribution in [3.8, 4) is 0 Å². The van der Waals surface area contributed by atoms with Crippen molar-refractivity contribution < 1.29 is 4.42 Å². The molecule has 1 aromatic carbocycles. The summed E-state index contributed by atoms with van der Waals surface area (Å²) in [5.41, 5.74) is 3.24. The maximum Gasteiger partial charge on any atom is 0.133 e. The van der Waals surface area contributed by atoms with Crippen LogP contribution >= 0.6 is 0 Å². The average molecular weight is 254 g/mol. The lowest BCUT2D eigenvalue weighted by Gasteiger charge is -2.05. The Labute approximate surface area is 113 Å². The van der Waals surface area contributed by atoms with Crippen LogP contribution in [-0.4, -0.2) is 4.98 Å². The smallest absolute Gasteiger partial charge is 0.133 e. The molecule has 0 spiro atoms. The fraction of sp³-hybridized carbons (Fsp3) is 0.188. The number of hydrogen-bond donors (Lipinski definition) is 1. The third-order valence-corrected chi connectivity index (χ3v) is 2.69. The van der Waals surface area contributed by atoms with Gasteiger partial charge in [0.25, 0.3) is 0 Å². The number of pyridine rings is 1. The molecule has 3 rings (SSSR count). The standard InChI is InChI=1S/C14H12N2O.C2H6/c1-2-14-12(5-8-17-14)9-11(1)10-16-13-3-6-15-7-4-13;1-2/h1-9H,10H2,(H,15,16);1-2H3. The van der Waals surface area contributed by atoms with Crippen molar-refractivity contribution in [2.24, 2.45) is 0 Å². The van der Waals surface area contributed by atoms with Gasteiger partial charge in [0.1, 0.15) is 5.58 Å². The Morgan fingerprint density at radius 1 is 1.05 bits per heavy atom. The number of benzene rings is 1. The Morgan fingerprint density at radius 2 is 1.84 bits per heavy atom. The molecule has 3 nitrogen and oxygen atoms in total. The lowest BCUT2D eigenvalue weighted by molar-refractivity contribution is 0.616. The van der Waals surface area contributed by atoms with E-state index in [1.165, 1.54) is 5.56 Å². The van der Waals surface area contributed by atoms with Gasteiger partial charge in [-0.3, -0.25) is 4.98 Å². The Bertz CT molecular complexity index is 617. The molecule has 2 heterocycles. The minimum absolute atomic E-state index is 0.797. The van der Waals surface area contributed by atoms with E-state index in [1.807, 2.05) is 38.1 Å². The van der Waals surface area contributed by atoms with E-state index in [-0.39, 0.29) is 0 Å². The fourth-order valence-electron chi connectivity index (χ4n) is 1.80. The van der Waals surface area contributed by atoms with Gasteiger partial charge >= 0.3 is 0 Å². The van der Waals surface area contributed by atoms with Gasteiger partial charge in [-0.15, -0.1) is 0 Å². The maximum atomic E-state index is 5.31. The highest BCUT2D eigenvalue weighted by molar-refractivity contribution is 5.77. The van der Waals surface area contributed by atoms with Gasteiger partial charge in [-0.25, -0.2) is 0 Å². The predicted octanol–water partition coefficient (Wildman–Crippen LogP) is 4.47. The number of aromatic nitrogens is 1. The van der Waals surface area contributed by atoms with Crippen LogP contribution in [0.4, 0.5) is 5.69 Å². The number of hydrogen-bond acceptors (Lipinski definition) is 3. The summed E-state index contributed by atoms with van der Waals surface area (Å²) in [4.78, 5) is 3.98. The van der Waals surface area contributed by atoms with E-state index in [2.05, 4.69) is 22.4 Å². The van der Waals surface area contributed by atoms with Gasteiger partial charge in [0.05, 0.1) is 6.26 Å². The molecule has 0 aliphatic rings. The second-order valence-corrected chi connectivity index (χ2v) is 3.88. The van der Waals surface area contributed by atoms with Crippen LogP contribution in [0.2, 0.25) is 0 Å². The van der Waals surface area contributed by atoms with Gasteiger partial charge in [0.15, 0.2) is 0 Å². The minimum atomic E-state index is 0.797. The molecule has 2 aromatic heterocycles. The molecule has 0 radical (unpaired) electrons. The average Bonchev–Trinajstić information content (AvgIpc) is 2.96. The summed E-state index contributed by atoms with van der Waals surface area (Å²) >= 11 is 0. The zero-order valence-corrected chi connectivity index (χ0v) is 11.3. The third-order valence-electron chi connectivity index (χ3n) is 2.69. The Balaban J connectivity index is 0.000000637. The van der Waals surface area contributed by atoms with Crippen LogP contribution in [0, 0.1) is 0 Å². The Morgan fingerprint density at radius 3 is 2.63 bits per heavy atom. The van der Waals surface area contributed by atoms with E-state index in [9.17, 15) is 0 Å². The molecule has 0 atom stereocenters. The summed E-state index contributed by atoms with van der Waals surface area (Å²) < 4.78 is 5.31. The number of anilines is 1. The summed E-state index contributed by atoms with van der Waals surface area (Å²) in [5.74, 6) is 0. The van der Waals surface area contributed by atoms with Crippen LogP contribution in [0.1, 0.15) is 19.4 Å². The van der Waals surface area contributed by atoms with Gasteiger partial charge in [0, 0.05) is 30.0 Å². The predicted molar refractivity (Wildman–Crippen MR) is 79.1 cm³/mol. The lowest BCUT2D eigenvalue weighted by Crippen LogP contribution is -1.98. The Kier molecular flexibility index (Phi) is 4.56. The highest BCUT2D eigenvalue weighted by Gasteiger charge is 1.98. The van der Waals surface area contributed by atoms with Crippen molar-refractivity contribution in [3.05, 3.63) is 60.6 Å². The number of rotatable bonds is 3. The molecule has 98 valence electrons. The van der Waals surface area contributed by atoms with Crippen LogP contribution in [0.5, 0.6) is 0 Å². The fourth-order valence-corrected chi connectivity index (χ4v) is 1.80. The quantitative estimate of drug-likeness (QED) is 0.749. The molecule has 3 aromatic rings. The highest BCUT2D eigenvalue weighted by Crippen LogP contribution is 2.17. The van der Waals surface area contributed by atoms with E-state index in [1.54, 1.807) is 18.7 Å². The first kappa shape index (κ1) is 13.1. The number of fused-ring (bicyclic) bond motifs is 1. The van der Waals surface area contributed by atoms with E-state index < -0.39 is 0 Å². The second kappa shape index (κ2) is 6.59. The van der Waals surface area contributed by atoms with Gasteiger partial charge in [-0.05, 0) is 35.9 Å². The van der Waals surface area contributed by atoms with Gasteiger partial charge < -0.3 is 9.73 Å². The molecule has 0 saturated carbocycles. The summed E-state index contributed by atoms with van der Waals surface area (Å²) in [7, 11) is 0. The number of nitrogens with one attached hydrogen (secondary N) is 1. The highest BCUT2D eigenvalue weighted by atomic mass is 16.3. The second-order valence-electron chi connectivity index (χ2n) is 3.88. The molecular weight excluding hydrogens is 236 g/mol. The molecule has 0 fully saturated rings. The zero-order chi connectivity index (χ0) is 13.5. The SMILES string of the molecule is CC.c1cc(NCc2ccc3occc3c2)ccn1. The molecular formula is C16H18N2O. The van der Waals surface area contributed by atoms with Crippen LogP contribution in [-0.2, 0) is 6.54 Å². The van der Waals surface area contributed by atoms with Gasteiger partial charge in [-0.2, -0.15) is 0 Å². The van der Waals surface area contributed by atoms with Gasteiger partial charge in [-0.1, -0.05) is 19.9 Å². The number of nitrogens with zero attached hydrogens (tertiary/aromatic N) is 1. The van der Waals surface area contributed by atoms with E-state index in [4.69, 9.17) is 4.42 Å². The van der Waals surface area contributed by atoms with Crippen molar-refractivity contribution in [2.45, 2.75) is 20.4 Å². The monoisotopic (exact) mass is 254 g/mol. The van der Waals surface area contributed by atoms with Crippen LogP contribution in [0.3, 0.4) is 0 Å². The first-order valence-corrected chi connectivity index (χ1v) is 6.52. The van der Waals surface area contributed by atoms with Crippen LogP contribution in [0.25, 0.3) is 11.0 Å². The minimum Gasteiger partial charge on any atom is -0.464 e. The van der Waals surface area contributed by atoms with Crippen LogP contribution < -0.4 is 5.32 Å². The summed E-state index contributed by atoms with van der Waals surface area (Å²) in [5, 5.41) is 4.49.